The van der Waals surface area contributed by atoms with Crippen LogP contribution in [0.3, 0.4) is 0 Å². The van der Waals surface area contributed by atoms with Crippen LogP contribution >= 0.6 is 34.5 Å². The van der Waals surface area contributed by atoms with E-state index in [9.17, 15) is 13.2 Å². The van der Waals surface area contributed by atoms with E-state index in [0.717, 1.165) is 33.7 Å². The number of pyridine rings is 1. The summed E-state index contributed by atoms with van der Waals surface area (Å²) in [5.41, 5.74) is 5.89. The van der Waals surface area contributed by atoms with Gasteiger partial charge in [-0.05, 0) is 23.8 Å². The van der Waals surface area contributed by atoms with Gasteiger partial charge in [-0.3, -0.25) is 10.4 Å². The van der Waals surface area contributed by atoms with Gasteiger partial charge in [0.15, 0.2) is 5.01 Å². The Morgan fingerprint density at radius 2 is 1.85 bits per heavy atom. The minimum Gasteiger partial charge on any atom is -0.326 e. The van der Waals surface area contributed by atoms with E-state index in [2.05, 4.69) is 10.1 Å². The van der Waals surface area contributed by atoms with Crippen molar-refractivity contribution in [3.8, 4) is 16.4 Å². The first-order chi connectivity index (χ1) is 12.2. The largest absolute Gasteiger partial charge is 0.416 e. The van der Waals surface area contributed by atoms with E-state index in [1.165, 1.54) is 0 Å². The van der Waals surface area contributed by atoms with Crippen molar-refractivity contribution in [3.63, 3.8) is 0 Å². The molecule has 0 aliphatic carbocycles. The zero-order valence-corrected chi connectivity index (χ0v) is 15.1. The quantitative estimate of drug-likeness (QED) is 0.665. The Bertz CT molecular complexity index is 988. The number of halogens is 5. The molecule has 0 bridgehead atoms. The van der Waals surface area contributed by atoms with Gasteiger partial charge in [-0.15, -0.1) is 0 Å². The van der Waals surface area contributed by atoms with Crippen molar-refractivity contribution < 1.29 is 13.2 Å². The summed E-state index contributed by atoms with van der Waals surface area (Å²) in [5.74, 6) is 0. The van der Waals surface area contributed by atoms with Crippen molar-refractivity contribution in [3.05, 3.63) is 56.4 Å². The number of rotatable bonds is 3. The highest BCUT2D eigenvalue weighted by atomic mass is 35.5. The molecule has 0 aliphatic heterocycles. The fourth-order valence-corrected chi connectivity index (χ4v) is 3.55. The molecule has 0 unspecified atom stereocenters. The lowest BCUT2D eigenvalue weighted by atomic mass is 10.2. The maximum absolute atomic E-state index is 12.9. The number of hydrogen-bond acceptors (Lipinski definition) is 5. The van der Waals surface area contributed by atoms with Crippen molar-refractivity contribution in [2.24, 2.45) is 5.73 Å². The normalized spacial score (nSPS) is 11.8. The van der Waals surface area contributed by atoms with Gasteiger partial charge in [-0.25, -0.2) is 4.68 Å². The van der Waals surface area contributed by atoms with Gasteiger partial charge in [0.2, 0.25) is 4.80 Å². The second-order valence-corrected chi connectivity index (χ2v) is 6.96. The Morgan fingerprint density at radius 3 is 2.35 bits per heavy atom. The Hall–Kier alpha value is -1.94. The fraction of sp³-hybridized carbons (Fsp3) is 0.133. The molecule has 0 saturated heterocycles. The van der Waals surface area contributed by atoms with Crippen LogP contribution in [0.15, 0.2) is 30.5 Å². The van der Waals surface area contributed by atoms with Gasteiger partial charge in [0, 0.05) is 12.7 Å². The van der Waals surface area contributed by atoms with Gasteiger partial charge < -0.3 is 5.73 Å². The van der Waals surface area contributed by atoms with Crippen LogP contribution < -0.4 is 10.5 Å². The molecule has 2 heterocycles. The molecule has 0 fully saturated rings. The predicted molar refractivity (Wildman–Crippen MR) is 93.4 cm³/mol. The molecular formula is C15H10Cl2F3N5S. The number of nitrogens with two attached hydrogens (primary N) is 1. The molecule has 0 radical (unpaired) electrons. The molecule has 0 atom stereocenters. The summed E-state index contributed by atoms with van der Waals surface area (Å²) >= 11 is 13.0. The average Bonchev–Trinajstić information content (AvgIpc) is 2.95. The molecule has 3 aromatic rings. The van der Waals surface area contributed by atoms with E-state index in [-0.39, 0.29) is 20.5 Å². The Morgan fingerprint density at radius 1 is 1.19 bits per heavy atom. The lowest BCUT2D eigenvalue weighted by molar-refractivity contribution is -0.137. The second-order valence-electron chi connectivity index (χ2n) is 5.17. The standard InChI is InChI=1S/C15H10Cl2F3N5S/c16-9-3-8(15(18,19)20)4-10(17)12(9)25-14(22)26-13(24-25)11-2-1-7(5-21)6-23-11/h1-4,6,22H,5,21H2. The number of nitrogens with one attached hydrogen (secondary N) is 1. The SMILES string of the molecule is N=c1sc(-c2ccc(CN)cn2)nn1-c1c(Cl)cc(C(F)(F)F)cc1Cl. The maximum atomic E-state index is 12.9. The number of hydrogen-bond donors (Lipinski definition) is 2. The molecule has 5 nitrogen and oxygen atoms in total. The topological polar surface area (TPSA) is 80.6 Å². The average molecular weight is 420 g/mol. The Balaban J connectivity index is 2.08. The van der Waals surface area contributed by atoms with Gasteiger partial charge in [-0.2, -0.15) is 18.3 Å². The molecular weight excluding hydrogens is 410 g/mol. The molecule has 0 saturated carbocycles. The zero-order valence-electron chi connectivity index (χ0n) is 12.8. The molecule has 3 N–H and O–H groups in total. The molecule has 1 aromatic carbocycles. The second kappa shape index (κ2) is 6.99. The van der Waals surface area contributed by atoms with E-state index in [4.69, 9.17) is 34.3 Å². The van der Waals surface area contributed by atoms with Crippen LogP contribution in [0, 0.1) is 5.41 Å². The minimum atomic E-state index is -4.58. The molecule has 26 heavy (non-hydrogen) atoms. The van der Waals surface area contributed by atoms with Crippen molar-refractivity contribution in [1.29, 1.82) is 5.41 Å². The number of alkyl halides is 3. The predicted octanol–water partition coefficient (Wildman–Crippen LogP) is 4.26. The molecule has 0 spiro atoms. The first-order valence-corrected chi connectivity index (χ1v) is 8.64. The van der Waals surface area contributed by atoms with Crippen molar-refractivity contribution >= 4 is 34.5 Å². The molecule has 2 aromatic heterocycles. The van der Waals surface area contributed by atoms with Crippen LogP contribution in [0.4, 0.5) is 13.2 Å². The lowest BCUT2D eigenvalue weighted by Crippen LogP contribution is -2.14. The van der Waals surface area contributed by atoms with E-state index in [1.54, 1.807) is 18.3 Å². The third kappa shape index (κ3) is 3.61. The van der Waals surface area contributed by atoms with Crippen LogP contribution in [-0.4, -0.2) is 14.8 Å². The first-order valence-electron chi connectivity index (χ1n) is 7.07. The van der Waals surface area contributed by atoms with Gasteiger partial charge >= 0.3 is 6.18 Å². The van der Waals surface area contributed by atoms with Crippen molar-refractivity contribution in [1.82, 2.24) is 14.8 Å². The van der Waals surface area contributed by atoms with E-state index >= 15 is 0 Å². The highest BCUT2D eigenvalue weighted by molar-refractivity contribution is 7.12. The van der Waals surface area contributed by atoms with Crippen LogP contribution in [0.1, 0.15) is 11.1 Å². The molecule has 0 amide bonds. The number of aromatic nitrogens is 3. The smallest absolute Gasteiger partial charge is 0.326 e. The van der Waals surface area contributed by atoms with Gasteiger partial charge in [0.25, 0.3) is 0 Å². The summed E-state index contributed by atoms with van der Waals surface area (Å²) in [6, 6.07) is 4.97. The zero-order chi connectivity index (χ0) is 19.1. The van der Waals surface area contributed by atoms with Crippen LogP contribution in [0.25, 0.3) is 16.4 Å². The minimum absolute atomic E-state index is 0.00686. The maximum Gasteiger partial charge on any atom is 0.416 e. The number of benzene rings is 1. The first kappa shape index (κ1) is 18.8. The van der Waals surface area contributed by atoms with Crippen molar-refractivity contribution in [2.45, 2.75) is 12.7 Å². The third-order valence-electron chi connectivity index (χ3n) is 3.41. The van der Waals surface area contributed by atoms with Crippen LogP contribution in [0.5, 0.6) is 0 Å². The summed E-state index contributed by atoms with van der Waals surface area (Å²) in [7, 11) is 0. The van der Waals surface area contributed by atoms with Gasteiger partial charge in [0.1, 0.15) is 11.4 Å². The summed E-state index contributed by atoms with van der Waals surface area (Å²) in [6.45, 7) is 0.339. The summed E-state index contributed by atoms with van der Waals surface area (Å²) in [6.07, 6.45) is -3.00. The highest BCUT2D eigenvalue weighted by Gasteiger charge is 2.32. The molecule has 11 heteroatoms. The highest BCUT2D eigenvalue weighted by Crippen LogP contribution is 2.37. The fourth-order valence-electron chi connectivity index (χ4n) is 2.15. The molecule has 3 rings (SSSR count). The Labute approximate surface area is 159 Å². The Kier molecular flexibility index (Phi) is 5.07. The lowest BCUT2D eigenvalue weighted by Gasteiger charge is -2.12. The van der Waals surface area contributed by atoms with Crippen LogP contribution in [0.2, 0.25) is 10.0 Å². The summed E-state index contributed by atoms with van der Waals surface area (Å²) < 4.78 is 39.7. The summed E-state index contributed by atoms with van der Waals surface area (Å²) in [5, 5.41) is 12.2. The van der Waals surface area contributed by atoms with E-state index < -0.39 is 11.7 Å². The number of nitrogens with zero attached hydrogens (tertiary/aromatic N) is 3. The molecule has 136 valence electrons. The van der Waals surface area contributed by atoms with Crippen molar-refractivity contribution in [2.75, 3.05) is 0 Å². The third-order valence-corrected chi connectivity index (χ3v) is 4.84. The van der Waals surface area contributed by atoms with Gasteiger partial charge in [-0.1, -0.05) is 40.6 Å². The monoisotopic (exact) mass is 419 g/mol. The van der Waals surface area contributed by atoms with Gasteiger partial charge in [0.05, 0.1) is 15.6 Å². The summed E-state index contributed by atoms with van der Waals surface area (Å²) in [4.78, 5) is 4.15. The van der Waals surface area contributed by atoms with E-state index in [1.807, 2.05) is 0 Å². The van der Waals surface area contributed by atoms with E-state index in [0.29, 0.717) is 17.2 Å². The molecule has 0 aliphatic rings. The van der Waals surface area contributed by atoms with Crippen LogP contribution in [-0.2, 0) is 12.7 Å².